The number of nitrogens with two attached hydrogens (primary N) is 1. The van der Waals surface area contributed by atoms with Crippen LogP contribution in [0.2, 0.25) is 0 Å². The molecule has 8 heteroatoms. The van der Waals surface area contributed by atoms with Gasteiger partial charge in [0.05, 0.1) is 13.2 Å². The van der Waals surface area contributed by atoms with Crippen LogP contribution in [0.25, 0.3) is 0 Å². The molecule has 1 saturated heterocycles. The molecule has 0 aromatic carbocycles. The third kappa shape index (κ3) is 3.60. The molecule has 1 aliphatic heterocycles. The number of nitrogen functional groups attached to an aromatic ring is 1. The van der Waals surface area contributed by atoms with Gasteiger partial charge in [-0.3, -0.25) is 14.6 Å². The van der Waals surface area contributed by atoms with Gasteiger partial charge >= 0.3 is 0 Å². The van der Waals surface area contributed by atoms with Crippen LogP contribution in [0, 0.1) is 0 Å². The summed E-state index contributed by atoms with van der Waals surface area (Å²) < 4.78 is 7.20. The van der Waals surface area contributed by atoms with Crippen LogP contribution in [-0.2, 0) is 16.1 Å². The SMILES string of the molecule is Nc1nccnc1[C@H]1CN(C(=O)CCn2ccccc2=O)CCO1. The van der Waals surface area contributed by atoms with Gasteiger partial charge < -0.3 is 19.9 Å². The molecule has 1 atom stereocenters. The number of morpholine rings is 1. The Morgan fingerprint density at radius 2 is 2.17 bits per heavy atom. The first-order valence-electron chi connectivity index (χ1n) is 7.76. The van der Waals surface area contributed by atoms with E-state index in [2.05, 4.69) is 9.97 Å². The van der Waals surface area contributed by atoms with Crippen LogP contribution >= 0.6 is 0 Å². The van der Waals surface area contributed by atoms with Crippen molar-refractivity contribution < 1.29 is 9.53 Å². The second kappa shape index (κ2) is 7.22. The molecule has 2 N–H and O–H groups in total. The molecule has 8 nitrogen and oxygen atoms in total. The van der Waals surface area contributed by atoms with Crippen molar-refractivity contribution in [2.75, 3.05) is 25.4 Å². The van der Waals surface area contributed by atoms with E-state index in [0.29, 0.717) is 37.8 Å². The lowest BCUT2D eigenvalue weighted by Gasteiger charge is -2.33. The van der Waals surface area contributed by atoms with Gasteiger partial charge in [-0.05, 0) is 6.07 Å². The van der Waals surface area contributed by atoms with Crippen LogP contribution in [0.4, 0.5) is 5.82 Å². The van der Waals surface area contributed by atoms with Crippen LogP contribution in [0.15, 0.2) is 41.6 Å². The van der Waals surface area contributed by atoms with Crippen LogP contribution in [-0.4, -0.2) is 45.0 Å². The van der Waals surface area contributed by atoms with Crippen LogP contribution < -0.4 is 11.3 Å². The highest BCUT2D eigenvalue weighted by Crippen LogP contribution is 2.23. The van der Waals surface area contributed by atoms with Crippen LogP contribution in [0.3, 0.4) is 0 Å². The number of nitrogens with zero attached hydrogens (tertiary/aromatic N) is 4. The first-order chi connectivity index (χ1) is 11.6. The predicted molar refractivity (Wildman–Crippen MR) is 87.0 cm³/mol. The summed E-state index contributed by atoms with van der Waals surface area (Å²) in [6.07, 6.45) is 4.63. The average molecular weight is 329 g/mol. The molecular formula is C16H19N5O3. The number of aromatic nitrogens is 3. The number of rotatable bonds is 4. The van der Waals surface area contributed by atoms with E-state index >= 15 is 0 Å². The van der Waals surface area contributed by atoms with Crippen molar-refractivity contribution in [1.29, 1.82) is 0 Å². The van der Waals surface area contributed by atoms with Crippen molar-refractivity contribution in [1.82, 2.24) is 19.4 Å². The second-order valence-corrected chi connectivity index (χ2v) is 5.51. The summed E-state index contributed by atoms with van der Waals surface area (Å²) in [4.78, 5) is 34.0. The maximum atomic E-state index is 12.4. The van der Waals surface area contributed by atoms with E-state index in [1.54, 1.807) is 29.4 Å². The van der Waals surface area contributed by atoms with Crippen molar-refractivity contribution in [3.05, 3.63) is 52.8 Å². The molecule has 0 aliphatic carbocycles. The smallest absolute Gasteiger partial charge is 0.250 e. The van der Waals surface area contributed by atoms with Gasteiger partial charge in [0.1, 0.15) is 17.6 Å². The molecule has 2 aromatic rings. The Kier molecular flexibility index (Phi) is 4.85. The number of hydrogen-bond acceptors (Lipinski definition) is 6. The van der Waals surface area contributed by atoms with Crippen molar-refractivity contribution in [3.8, 4) is 0 Å². The number of carbonyl (C=O) groups is 1. The second-order valence-electron chi connectivity index (χ2n) is 5.51. The fourth-order valence-electron chi connectivity index (χ4n) is 2.67. The summed E-state index contributed by atoms with van der Waals surface area (Å²) in [5.41, 5.74) is 6.27. The first-order valence-corrected chi connectivity index (χ1v) is 7.76. The third-order valence-corrected chi connectivity index (χ3v) is 3.95. The molecule has 126 valence electrons. The molecule has 2 aromatic heterocycles. The number of amides is 1. The Hall–Kier alpha value is -2.74. The number of carbonyl (C=O) groups excluding carboxylic acids is 1. The molecule has 1 fully saturated rings. The van der Waals surface area contributed by atoms with E-state index in [9.17, 15) is 9.59 Å². The quantitative estimate of drug-likeness (QED) is 0.860. The van der Waals surface area contributed by atoms with Crippen molar-refractivity contribution in [3.63, 3.8) is 0 Å². The van der Waals surface area contributed by atoms with Gasteiger partial charge in [0.2, 0.25) is 5.91 Å². The lowest BCUT2D eigenvalue weighted by atomic mass is 10.2. The number of aryl methyl sites for hydroxylation is 1. The summed E-state index contributed by atoms with van der Waals surface area (Å²) in [5.74, 6) is 0.286. The van der Waals surface area contributed by atoms with E-state index in [0.717, 1.165) is 0 Å². The van der Waals surface area contributed by atoms with Gasteiger partial charge in [0.25, 0.3) is 5.56 Å². The minimum atomic E-state index is -0.379. The molecule has 1 aliphatic rings. The molecule has 0 bridgehead atoms. The fraction of sp³-hybridized carbons (Fsp3) is 0.375. The molecule has 3 rings (SSSR count). The largest absolute Gasteiger partial charge is 0.382 e. The lowest BCUT2D eigenvalue weighted by Crippen LogP contribution is -2.43. The van der Waals surface area contributed by atoms with E-state index in [1.807, 2.05) is 0 Å². The average Bonchev–Trinajstić information content (AvgIpc) is 2.61. The minimum absolute atomic E-state index is 0.0264. The molecule has 0 spiro atoms. The van der Waals surface area contributed by atoms with Crippen molar-refractivity contribution in [2.45, 2.75) is 19.1 Å². The maximum Gasteiger partial charge on any atom is 0.250 e. The van der Waals surface area contributed by atoms with Gasteiger partial charge in [-0.1, -0.05) is 6.07 Å². The summed E-state index contributed by atoms with van der Waals surface area (Å²) in [6.45, 7) is 1.66. The highest BCUT2D eigenvalue weighted by atomic mass is 16.5. The third-order valence-electron chi connectivity index (χ3n) is 3.95. The number of pyridine rings is 1. The molecule has 0 saturated carbocycles. The Morgan fingerprint density at radius 3 is 2.96 bits per heavy atom. The van der Waals surface area contributed by atoms with Gasteiger partial charge in [-0.25, -0.2) is 4.98 Å². The topological polar surface area (TPSA) is 103 Å². The zero-order valence-electron chi connectivity index (χ0n) is 13.2. The minimum Gasteiger partial charge on any atom is -0.382 e. The molecule has 24 heavy (non-hydrogen) atoms. The standard InChI is InChI=1S/C16H19N5O3/c17-16-15(18-5-6-19-16)12-11-21(9-10-24-12)14(23)4-8-20-7-2-1-3-13(20)22/h1-3,5-7,12H,4,8-11H2,(H2,17,19)/t12-/m1/s1. The molecule has 1 amide bonds. The summed E-state index contributed by atoms with van der Waals surface area (Å²) in [5, 5.41) is 0. The Balaban J connectivity index is 1.62. The zero-order chi connectivity index (χ0) is 16.9. The Bertz CT molecular complexity index is 776. The summed E-state index contributed by atoms with van der Waals surface area (Å²) >= 11 is 0. The summed E-state index contributed by atoms with van der Waals surface area (Å²) in [6, 6.07) is 4.93. The highest BCUT2D eigenvalue weighted by Gasteiger charge is 2.27. The fourth-order valence-corrected chi connectivity index (χ4v) is 2.67. The highest BCUT2D eigenvalue weighted by molar-refractivity contribution is 5.76. The Labute approximate surface area is 138 Å². The number of hydrogen-bond donors (Lipinski definition) is 1. The van der Waals surface area contributed by atoms with Gasteiger partial charge in [0, 0.05) is 44.2 Å². The summed E-state index contributed by atoms with van der Waals surface area (Å²) in [7, 11) is 0. The number of ether oxygens (including phenoxy) is 1. The first kappa shape index (κ1) is 16.1. The van der Waals surface area contributed by atoms with Gasteiger partial charge in [0.15, 0.2) is 0 Å². The van der Waals surface area contributed by atoms with Crippen molar-refractivity contribution in [2.24, 2.45) is 0 Å². The molecule has 0 unspecified atom stereocenters. The van der Waals surface area contributed by atoms with E-state index in [1.165, 1.54) is 16.8 Å². The molecule has 3 heterocycles. The normalized spacial score (nSPS) is 17.7. The van der Waals surface area contributed by atoms with Crippen molar-refractivity contribution >= 4 is 11.7 Å². The predicted octanol–water partition coefficient (Wildman–Crippen LogP) is 0.211. The van der Waals surface area contributed by atoms with Gasteiger partial charge in [-0.15, -0.1) is 0 Å². The van der Waals surface area contributed by atoms with E-state index in [-0.39, 0.29) is 24.0 Å². The zero-order valence-corrected chi connectivity index (χ0v) is 13.2. The molecular weight excluding hydrogens is 310 g/mol. The lowest BCUT2D eigenvalue weighted by molar-refractivity contribution is -0.139. The monoisotopic (exact) mass is 329 g/mol. The van der Waals surface area contributed by atoms with Gasteiger partial charge in [-0.2, -0.15) is 0 Å². The Morgan fingerprint density at radius 1 is 1.33 bits per heavy atom. The maximum absolute atomic E-state index is 12.4. The van der Waals surface area contributed by atoms with Crippen LogP contribution in [0.5, 0.6) is 0 Å². The van der Waals surface area contributed by atoms with Crippen LogP contribution in [0.1, 0.15) is 18.2 Å². The number of anilines is 1. The van der Waals surface area contributed by atoms with E-state index < -0.39 is 0 Å². The molecule has 0 radical (unpaired) electrons. The van der Waals surface area contributed by atoms with E-state index in [4.69, 9.17) is 10.5 Å².